The number of rotatable bonds is 6. The maximum Gasteiger partial charge on any atom is 0.205 e. The second-order valence-corrected chi connectivity index (χ2v) is 4.74. The lowest BCUT2D eigenvalue weighted by Gasteiger charge is -2.02. The number of aryl methyl sites for hydroxylation is 2. The van der Waals surface area contributed by atoms with Gasteiger partial charge in [-0.15, -0.1) is 10.2 Å². The number of nitrogens with zero attached hydrogens (tertiary/aromatic N) is 4. The number of aromatic nitrogens is 4. The molecular formula is C10H15N5S. The summed E-state index contributed by atoms with van der Waals surface area (Å²) < 4.78 is 2.09. The maximum absolute atomic E-state index is 4.01. The fraction of sp³-hybridized carbons (Fsp3) is 0.500. The van der Waals surface area contributed by atoms with Crippen LogP contribution in [0.15, 0.2) is 18.7 Å². The number of anilines is 1. The average molecular weight is 237 g/mol. The average Bonchev–Trinajstić information content (AvgIpc) is 2.89. The highest BCUT2D eigenvalue weighted by molar-refractivity contribution is 7.15. The zero-order valence-electron chi connectivity index (χ0n) is 9.26. The lowest BCUT2D eigenvalue weighted by atomic mass is 10.3. The third-order valence-electron chi connectivity index (χ3n) is 2.20. The van der Waals surface area contributed by atoms with Crippen LogP contribution in [0.3, 0.4) is 0 Å². The molecule has 2 rings (SSSR count). The summed E-state index contributed by atoms with van der Waals surface area (Å²) in [5, 5.41) is 13.1. The molecule has 2 aromatic rings. The van der Waals surface area contributed by atoms with E-state index in [4.69, 9.17) is 0 Å². The van der Waals surface area contributed by atoms with Gasteiger partial charge in [-0.3, -0.25) is 0 Å². The van der Waals surface area contributed by atoms with Crippen LogP contribution >= 0.6 is 11.3 Å². The number of imidazole rings is 1. The molecule has 0 saturated heterocycles. The van der Waals surface area contributed by atoms with E-state index in [0.717, 1.165) is 36.1 Å². The SMILES string of the molecule is Cc1nnc(NCCCCn2ccnc2)s1. The van der Waals surface area contributed by atoms with E-state index in [2.05, 4.69) is 25.1 Å². The van der Waals surface area contributed by atoms with E-state index in [0.29, 0.717) is 0 Å². The van der Waals surface area contributed by atoms with Gasteiger partial charge in [0.15, 0.2) is 0 Å². The Morgan fingerprint density at radius 2 is 2.31 bits per heavy atom. The quantitative estimate of drug-likeness (QED) is 0.780. The van der Waals surface area contributed by atoms with Crippen molar-refractivity contribution in [3.05, 3.63) is 23.7 Å². The molecule has 0 bridgehead atoms. The minimum absolute atomic E-state index is 0.917. The van der Waals surface area contributed by atoms with Gasteiger partial charge in [-0.25, -0.2) is 4.98 Å². The van der Waals surface area contributed by atoms with E-state index in [1.165, 1.54) is 0 Å². The Balaban J connectivity index is 1.59. The Bertz CT molecular complexity index is 409. The standard InChI is InChI=1S/C10H15N5S/c1-9-13-14-10(16-9)12-4-2-3-6-15-7-5-11-8-15/h5,7-8H,2-4,6H2,1H3,(H,12,14). The van der Waals surface area contributed by atoms with Gasteiger partial charge in [-0.05, 0) is 19.8 Å². The van der Waals surface area contributed by atoms with Crippen LogP contribution < -0.4 is 5.32 Å². The Hall–Kier alpha value is -1.43. The first-order valence-corrected chi connectivity index (χ1v) is 6.16. The van der Waals surface area contributed by atoms with Crippen LogP contribution in [0.1, 0.15) is 17.8 Å². The second-order valence-electron chi connectivity index (χ2n) is 3.56. The molecule has 0 unspecified atom stereocenters. The number of nitrogens with one attached hydrogen (secondary N) is 1. The molecule has 0 fully saturated rings. The minimum Gasteiger partial charge on any atom is -0.360 e. The summed E-state index contributed by atoms with van der Waals surface area (Å²) in [6, 6.07) is 0. The summed E-state index contributed by atoms with van der Waals surface area (Å²) in [4.78, 5) is 4.00. The first-order valence-electron chi connectivity index (χ1n) is 5.34. The number of hydrogen-bond donors (Lipinski definition) is 1. The molecule has 0 aromatic carbocycles. The molecule has 2 aromatic heterocycles. The van der Waals surface area contributed by atoms with Crippen LogP contribution in [0.2, 0.25) is 0 Å². The minimum atomic E-state index is 0.917. The molecular weight excluding hydrogens is 222 g/mol. The molecule has 6 heteroatoms. The fourth-order valence-electron chi connectivity index (χ4n) is 1.40. The van der Waals surface area contributed by atoms with Gasteiger partial charge in [0.1, 0.15) is 5.01 Å². The zero-order valence-corrected chi connectivity index (χ0v) is 10.1. The van der Waals surface area contributed by atoms with Gasteiger partial charge >= 0.3 is 0 Å². The van der Waals surface area contributed by atoms with Crippen molar-refractivity contribution in [3.8, 4) is 0 Å². The zero-order chi connectivity index (χ0) is 11.2. The summed E-state index contributed by atoms with van der Waals surface area (Å²) >= 11 is 1.59. The van der Waals surface area contributed by atoms with E-state index in [-0.39, 0.29) is 0 Å². The molecule has 0 saturated carbocycles. The molecule has 0 amide bonds. The summed E-state index contributed by atoms with van der Waals surface area (Å²) in [5.74, 6) is 0. The van der Waals surface area contributed by atoms with E-state index < -0.39 is 0 Å². The Morgan fingerprint density at radius 1 is 1.38 bits per heavy atom. The Labute approximate surface area is 98.5 Å². The third-order valence-corrected chi connectivity index (χ3v) is 3.00. The van der Waals surface area contributed by atoms with Gasteiger partial charge in [-0.2, -0.15) is 0 Å². The molecule has 16 heavy (non-hydrogen) atoms. The van der Waals surface area contributed by atoms with E-state index in [1.807, 2.05) is 25.6 Å². The van der Waals surface area contributed by atoms with E-state index in [9.17, 15) is 0 Å². The van der Waals surface area contributed by atoms with Crippen molar-refractivity contribution in [3.63, 3.8) is 0 Å². The van der Waals surface area contributed by atoms with Crippen molar-refractivity contribution < 1.29 is 0 Å². The van der Waals surface area contributed by atoms with Crippen molar-refractivity contribution >= 4 is 16.5 Å². The van der Waals surface area contributed by atoms with Gasteiger partial charge in [0.2, 0.25) is 5.13 Å². The van der Waals surface area contributed by atoms with Gasteiger partial charge in [-0.1, -0.05) is 11.3 Å². The smallest absolute Gasteiger partial charge is 0.205 e. The van der Waals surface area contributed by atoms with Crippen LogP contribution in [-0.2, 0) is 6.54 Å². The third kappa shape index (κ3) is 3.30. The highest BCUT2D eigenvalue weighted by Crippen LogP contribution is 2.13. The van der Waals surface area contributed by atoms with Gasteiger partial charge in [0, 0.05) is 25.5 Å². The molecule has 0 atom stereocenters. The fourth-order valence-corrected chi connectivity index (χ4v) is 2.02. The molecule has 5 nitrogen and oxygen atoms in total. The Morgan fingerprint density at radius 3 is 3.00 bits per heavy atom. The molecule has 0 radical (unpaired) electrons. The molecule has 2 heterocycles. The van der Waals surface area contributed by atoms with E-state index in [1.54, 1.807) is 11.3 Å². The van der Waals surface area contributed by atoms with Crippen molar-refractivity contribution in [1.29, 1.82) is 0 Å². The van der Waals surface area contributed by atoms with Crippen LogP contribution in [0, 0.1) is 6.92 Å². The largest absolute Gasteiger partial charge is 0.360 e. The number of unbranched alkanes of at least 4 members (excludes halogenated alkanes) is 1. The second kappa shape index (κ2) is 5.60. The summed E-state index contributed by atoms with van der Waals surface area (Å²) in [6.07, 6.45) is 7.91. The van der Waals surface area contributed by atoms with Crippen molar-refractivity contribution in [2.24, 2.45) is 0 Å². The van der Waals surface area contributed by atoms with Crippen LogP contribution in [-0.4, -0.2) is 26.3 Å². The Kier molecular flexibility index (Phi) is 3.87. The summed E-state index contributed by atoms with van der Waals surface area (Å²) in [7, 11) is 0. The van der Waals surface area contributed by atoms with Crippen molar-refractivity contribution in [2.75, 3.05) is 11.9 Å². The first-order chi connectivity index (χ1) is 7.84. The van der Waals surface area contributed by atoms with Gasteiger partial charge in [0.25, 0.3) is 0 Å². The first kappa shape index (κ1) is 11.1. The van der Waals surface area contributed by atoms with Gasteiger partial charge < -0.3 is 9.88 Å². The lowest BCUT2D eigenvalue weighted by Crippen LogP contribution is -2.03. The van der Waals surface area contributed by atoms with Crippen molar-refractivity contribution in [2.45, 2.75) is 26.3 Å². The molecule has 0 aliphatic rings. The number of hydrogen-bond acceptors (Lipinski definition) is 5. The van der Waals surface area contributed by atoms with Crippen LogP contribution in [0.25, 0.3) is 0 Å². The summed E-state index contributed by atoms with van der Waals surface area (Å²) in [5.41, 5.74) is 0. The van der Waals surface area contributed by atoms with Crippen molar-refractivity contribution in [1.82, 2.24) is 19.7 Å². The topological polar surface area (TPSA) is 55.6 Å². The monoisotopic (exact) mass is 237 g/mol. The van der Waals surface area contributed by atoms with Gasteiger partial charge in [0.05, 0.1) is 6.33 Å². The highest BCUT2D eigenvalue weighted by Gasteiger charge is 1.98. The van der Waals surface area contributed by atoms with Crippen LogP contribution in [0.4, 0.5) is 5.13 Å². The normalized spacial score (nSPS) is 10.6. The lowest BCUT2D eigenvalue weighted by molar-refractivity contribution is 0.621. The molecule has 0 spiro atoms. The molecule has 86 valence electrons. The molecule has 1 N–H and O–H groups in total. The molecule has 0 aliphatic carbocycles. The summed E-state index contributed by atoms with van der Waals surface area (Å²) in [6.45, 7) is 3.93. The predicted octanol–water partition coefficient (Wildman–Crippen LogP) is 1.94. The maximum atomic E-state index is 4.01. The highest BCUT2D eigenvalue weighted by atomic mass is 32.1. The van der Waals surface area contributed by atoms with E-state index >= 15 is 0 Å². The predicted molar refractivity (Wildman–Crippen MR) is 64.6 cm³/mol. The van der Waals surface area contributed by atoms with Crippen LogP contribution in [0.5, 0.6) is 0 Å². The molecule has 0 aliphatic heterocycles.